The zero-order valence-electron chi connectivity index (χ0n) is 11.9. The first-order valence-electron chi connectivity index (χ1n) is 6.75. The summed E-state index contributed by atoms with van der Waals surface area (Å²) < 4.78 is 14.2. The molecule has 23 heavy (non-hydrogen) atoms. The van der Waals surface area contributed by atoms with Gasteiger partial charge >= 0.3 is 12.0 Å². The highest BCUT2D eigenvalue weighted by molar-refractivity contribution is 9.10. The van der Waals surface area contributed by atoms with E-state index in [1.54, 1.807) is 30.3 Å². The van der Waals surface area contributed by atoms with Crippen molar-refractivity contribution in [3.63, 3.8) is 0 Å². The van der Waals surface area contributed by atoms with Crippen LogP contribution in [0.4, 0.5) is 14.9 Å². The Hall–Kier alpha value is -2.41. The van der Waals surface area contributed by atoms with Crippen LogP contribution >= 0.6 is 15.9 Å². The second kappa shape index (κ2) is 7.73. The number of carboxylic acids is 1. The van der Waals surface area contributed by atoms with E-state index in [-0.39, 0.29) is 12.1 Å². The van der Waals surface area contributed by atoms with Crippen molar-refractivity contribution in [1.82, 2.24) is 5.32 Å². The Balaban J connectivity index is 2.02. The minimum Gasteiger partial charge on any atom is -0.480 e. The van der Waals surface area contributed by atoms with E-state index in [1.807, 2.05) is 6.07 Å². The first-order chi connectivity index (χ1) is 11.0. The smallest absolute Gasteiger partial charge is 0.326 e. The minimum atomic E-state index is -1.17. The molecule has 1 atom stereocenters. The molecule has 7 heteroatoms. The molecule has 0 spiro atoms. The minimum absolute atomic E-state index is 0.0328. The number of urea groups is 1. The van der Waals surface area contributed by atoms with E-state index in [9.17, 15) is 19.1 Å². The molecule has 5 nitrogen and oxygen atoms in total. The first-order valence-corrected chi connectivity index (χ1v) is 7.54. The number of rotatable bonds is 5. The van der Waals surface area contributed by atoms with Crippen molar-refractivity contribution in [2.24, 2.45) is 0 Å². The highest BCUT2D eigenvalue weighted by Gasteiger charge is 2.20. The number of hydrogen-bond donors (Lipinski definition) is 3. The van der Waals surface area contributed by atoms with Crippen molar-refractivity contribution in [3.8, 4) is 0 Å². The van der Waals surface area contributed by atoms with Gasteiger partial charge in [0.1, 0.15) is 11.9 Å². The Labute approximate surface area is 140 Å². The van der Waals surface area contributed by atoms with Gasteiger partial charge in [-0.05, 0) is 23.8 Å². The van der Waals surface area contributed by atoms with Crippen molar-refractivity contribution in [3.05, 3.63) is 64.4 Å². The molecular weight excluding hydrogens is 367 g/mol. The Morgan fingerprint density at radius 1 is 1.17 bits per heavy atom. The zero-order chi connectivity index (χ0) is 16.8. The fraction of sp³-hybridized carbons (Fsp3) is 0.125. The summed E-state index contributed by atoms with van der Waals surface area (Å²) in [6.45, 7) is 0. The number of anilines is 1. The SMILES string of the molecule is O=C(Nc1ccc(Br)cc1F)N[C@@H](Cc1ccccc1)C(=O)O. The molecule has 0 radical (unpaired) electrons. The van der Waals surface area contributed by atoms with Crippen LogP contribution in [0.25, 0.3) is 0 Å². The number of nitrogens with one attached hydrogen (secondary N) is 2. The maximum atomic E-state index is 13.7. The van der Waals surface area contributed by atoms with Crippen molar-refractivity contribution in [2.45, 2.75) is 12.5 Å². The van der Waals surface area contributed by atoms with Gasteiger partial charge in [0, 0.05) is 10.9 Å². The van der Waals surface area contributed by atoms with Crippen LogP contribution in [0.15, 0.2) is 53.0 Å². The summed E-state index contributed by atoms with van der Waals surface area (Å²) in [7, 11) is 0. The maximum absolute atomic E-state index is 13.7. The van der Waals surface area contributed by atoms with Crippen molar-refractivity contribution in [1.29, 1.82) is 0 Å². The number of benzene rings is 2. The van der Waals surface area contributed by atoms with Crippen molar-refractivity contribution >= 4 is 33.6 Å². The van der Waals surface area contributed by atoms with Gasteiger partial charge in [-0.3, -0.25) is 0 Å². The van der Waals surface area contributed by atoms with Crippen molar-refractivity contribution in [2.75, 3.05) is 5.32 Å². The van der Waals surface area contributed by atoms with Crippen LogP contribution in [-0.4, -0.2) is 23.1 Å². The van der Waals surface area contributed by atoms with Gasteiger partial charge in [-0.15, -0.1) is 0 Å². The third-order valence-electron chi connectivity index (χ3n) is 3.07. The number of amides is 2. The predicted molar refractivity (Wildman–Crippen MR) is 87.8 cm³/mol. The van der Waals surface area contributed by atoms with Gasteiger partial charge in [0.15, 0.2) is 0 Å². The molecule has 0 saturated carbocycles. The molecule has 0 aliphatic heterocycles. The van der Waals surface area contributed by atoms with Gasteiger partial charge in [0.05, 0.1) is 5.69 Å². The number of carboxylic acid groups (broad SMARTS) is 1. The van der Waals surface area contributed by atoms with Gasteiger partial charge in [-0.1, -0.05) is 46.3 Å². The van der Waals surface area contributed by atoms with E-state index < -0.39 is 23.9 Å². The van der Waals surface area contributed by atoms with Gasteiger partial charge < -0.3 is 15.7 Å². The standard InChI is InChI=1S/C16H14BrFN2O3/c17-11-6-7-13(12(18)9-11)19-16(23)20-14(15(21)22)8-10-4-2-1-3-5-10/h1-7,9,14H,8H2,(H,21,22)(H2,19,20,23)/t14-/m0/s1. The molecule has 0 fully saturated rings. The second-order valence-electron chi connectivity index (χ2n) is 4.80. The molecule has 0 heterocycles. The first kappa shape index (κ1) is 17.0. The molecule has 2 amide bonds. The second-order valence-corrected chi connectivity index (χ2v) is 5.72. The fourth-order valence-corrected chi connectivity index (χ4v) is 2.29. The van der Waals surface area contributed by atoms with Crippen LogP contribution in [0, 0.1) is 5.82 Å². The number of halogens is 2. The molecule has 0 unspecified atom stereocenters. The van der Waals surface area contributed by atoms with E-state index in [2.05, 4.69) is 26.6 Å². The molecule has 120 valence electrons. The van der Waals surface area contributed by atoms with Crippen LogP contribution in [0.5, 0.6) is 0 Å². The van der Waals surface area contributed by atoms with Crippen LogP contribution in [0.2, 0.25) is 0 Å². The summed E-state index contributed by atoms with van der Waals surface area (Å²) in [4.78, 5) is 23.2. The Bertz CT molecular complexity index is 710. The Morgan fingerprint density at radius 3 is 2.48 bits per heavy atom. The van der Waals surface area contributed by atoms with Gasteiger partial charge in [-0.25, -0.2) is 14.0 Å². The summed E-state index contributed by atoms with van der Waals surface area (Å²) in [5.41, 5.74) is 0.740. The average Bonchev–Trinajstić information content (AvgIpc) is 2.50. The normalized spacial score (nSPS) is 11.6. The molecule has 2 aromatic carbocycles. The fourth-order valence-electron chi connectivity index (χ4n) is 1.96. The molecule has 0 bridgehead atoms. The number of hydrogen-bond acceptors (Lipinski definition) is 2. The Kier molecular flexibility index (Phi) is 5.70. The summed E-state index contributed by atoms with van der Waals surface area (Å²) in [5, 5.41) is 13.8. The molecule has 2 aromatic rings. The summed E-state index contributed by atoms with van der Waals surface area (Å²) >= 11 is 3.11. The maximum Gasteiger partial charge on any atom is 0.326 e. The molecular formula is C16H14BrFN2O3. The third-order valence-corrected chi connectivity index (χ3v) is 3.56. The lowest BCUT2D eigenvalue weighted by molar-refractivity contribution is -0.139. The zero-order valence-corrected chi connectivity index (χ0v) is 13.5. The van der Waals surface area contributed by atoms with Gasteiger partial charge in [0.2, 0.25) is 0 Å². The summed E-state index contributed by atoms with van der Waals surface area (Å²) in [6.07, 6.45) is 0.131. The molecule has 2 rings (SSSR count). The number of aliphatic carboxylic acids is 1. The number of carbonyl (C=O) groups is 2. The van der Waals surface area contributed by atoms with Crippen LogP contribution < -0.4 is 10.6 Å². The van der Waals surface area contributed by atoms with Crippen LogP contribution in [0.1, 0.15) is 5.56 Å². The molecule has 0 aliphatic carbocycles. The summed E-state index contributed by atoms with van der Waals surface area (Å²) in [6, 6.07) is 11.2. The summed E-state index contributed by atoms with van der Waals surface area (Å²) in [5.74, 6) is -1.79. The topological polar surface area (TPSA) is 78.4 Å². The largest absolute Gasteiger partial charge is 0.480 e. The quantitative estimate of drug-likeness (QED) is 0.743. The predicted octanol–water partition coefficient (Wildman–Crippen LogP) is 3.41. The van der Waals surface area contributed by atoms with E-state index in [4.69, 9.17) is 0 Å². The Morgan fingerprint density at radius 2 is 1.87 bits per heavy atom. The molecule has 0 saturated heterocycles. The molecule has 0 aromatic heterocycles. The monoisotopic (exact) mass is 380 g/mol. The lowest BCUT2D eigenvalue weighted by Crippen LogP contribution is -2.44. The highest BCUT2D eigenvalue weighted by atomic mass is 79.9. The number of carbonyl (C=O) groups excluding carboxylic acids is 1. The van der Waals surface area contributed by atoms with E-state index >= 15 is 0 Å². The lowest BCUT2D eigenvalue weighted by Gasteiger charge is -2.15. The lowest BCUT2D eigenvalue weighted by atomic mass is 10.1. The van der Waals surface area contributed by atoms with E-state index in [0.717, 1.165) is 5.56 Å². The third kappa shape index (κ3) is 5.07. The van der Waals surface area contributed by atoms with E-state index in [0.29, 0.717) is 4.47 Å². The van der Waals surface area contributed by atoms with Gasteiger partial charge in [0.25, 0.3) is 0 Å². The van der Waals surface area contributed by atoms with Gasteiger partial charge in [-0.2, -0.15) is 0 Å². The average molecular weight is 381 g/mol. The molecule has 3 N–H and O–H groups in total. The highest BCUT2D eigenvalue weighted by Crippen LogP contribution is 2.19. The molecule has 0 aliphatic rings. The van der Waals surface area contributed by atoms with Crippen LogP contribution in [-0.2, 0) is 11.2 Å². The van der Waals surface area contributed by atoms with Crippen molar-refractivity contribution < 1.29 is 19.1 Å². The van der Waals surface area contributed by atoms with Crippen LogP contribution in [0.3, 0.4) is 0 Å². The van der Waals surface area contributed by atoms with E-state index in [1.165, 1.54) is 12.1 Å².